The van der Waals surface area contributed by atoms with E-state index in [4.69, 9.17) is 4.74 Å². The highest BCUT2D eigenvalue weighted by Crippen LogP contribution is 2.79. The molecule has 2 nitrogen and oxygen atoms in total. The molecule has 0 aromatic carbocycles. The maximum Gasteiger partial charge on any atom is 0.155 e. The minimum atomic E-state index is 0.0684. The molecule has 1 aliphatic heterocycles. The Bertz CT molecular complexity index is 735. The fourth-order valence-electron chi connectivity index (χ4n) is 9.27. The predicted octanol–water partition coefficient (Wildman–Crippen LogP) is 5.34. The summed E-state index contributed by atoms with van der Waals surface area (Å²) in [5, 5.41) is 0. The van der Waals surface area contributed by atoms with Gasteiger partial charge in [-0.3, -0.25) is 4.79 Å². The van der Waals surface area contributed by atoms with E-state index in [1.807, 2.05) is 0 Å². The quantitative estimate of drug-likeness (QED) is 0.617. The van der Waals surface area contributed by atoms with E-state index in [1.165, 1.54) is 44.1 Å². The van der Waals surface area contributed by atoms with Crippen LogP contribution in [0.15, 0.2) is 23.8 Å². The maximum atomic E-state index is 12.1. The summed E-state index contributed by atoms with van der Waals surface area (Å²) >= 11 is 0. The van der Waals surface area contributed by atoms with Crippen LogP contribution >= 0.6 is 0 Å². The van der Waals surface area contributed by atoms with Crippen molar-refractivity contribution in [2.24, 2.45) is 46.8 Å². The van der Waals surface area contributed by atoms with E-state index in [0.717, 1.165) is 55.0 Å². The molecule has 146 valence electrons. The Kier molecular flexibility index (Phi) is 3.52. The van der Waals surface area contributed by atoms with Gasteiger partial charge in [-0.15, -0.1) is 0 Å². The van der Waals surface area contributed by atoms with Crippen LogP contribution in [0.25, 0.3) is 0 Å². The molecule has 0 bridgehead atoms. The average Bonchev–Trinajstić information content (AvgIpc) is 3.26. The van der Waals surface area contributed by atoms with Gasteiger partial charge in [-0.25, -0.2) is 0 Å². The third-order valence-electron chi connectivity index (χ3n) is 10.1. The van der Waals surface area contributed by atoms with Gasteiger partial charge < -0.3 is 4.74 Å². The third kappa shape index (κ3) is 1.94. The number of hydrogen-bond donors (Lipinski definition) is 0. The van der Waals surface area contributed by atoms with E-state index in [0.29, 0.717) is 17.1 Å². The molecule has 5 aliphatic carbocycles. The first kappa shape index (κ1) is 17.0. The second kappa shape index (κ2) is 5.59. The molecule has 0 saturated heterocycles. The first-order chi connectivity index (χ1) is 13.1. The molecule has 6 aliphatic rings. The van der Waals surface area contributed by atoms with Crippen LogP contribution in [0.5, 0.6) is 0 Å². The Morgan fingerprint density at radius 1 is 1.22 bits per heavy atom. The molecule has 9 atom stereocenters. The van der Waals surface area contributed by atoms with Gasteiger partial charge in [0.15, 0.2) is 5.78 Å². The highest BCUT2D eigenvalue weighted by molar-refractivity contribution is 5.91. The summed E-state index contributed by atoms with van der Waals surface area (Å²) in [6, 6.07) is 0. The van der Waals surface area contributed by atoms with Gasteiger partial charge in [-0.1, -0.05) is 38.0 Å². The molecule has 0 N–H and O–H groups in total. The second-order valence-electron chi connectivity index (χ2n) is 10.5. The summed E-state index contributed by atoms with van der Waals surface area (Å²) in [4.78, 5) is 12.1. The predicted molar refractivity (Wildman–Crippen MR) is 106 cm³/mol. The zero-order valence-electron chi connectivity index (χ0n) is 17.0. The first-order valence-electron chi connectivity index (χ1n) is 11.7. The van der Waals surface area contributed by atoms with Crippen molar-refractivity contribution in [2.75, 3.05) is 6.61 Å². The SMILES string of the molecule is CC[C@H]1CC2=CC(=O)CC[C@@H]2C2CC[C@@]3(CC)C(C21)[C@H]1C[C@H]1[C@@]31C=CCO1. The lowest BCUT2D eigenvalue weighted by atomic mass is 9.45. The zero-order chi connectivity index (χ0) is 18.4. The summed E-state index contributed by atoms with van der Waals surface area (Å²) in [5.41, 5.74) is 1.98. The van der Waals surface area contributed by atoms with Crippen LogP contribution in [0.2, 0.25) is 0 Å². The molecule has 0 amide bonds. The standard InChI is InChI=1S/C25H34O2/c1-3-15-12-16-13-17(26)6-7-18(16)19-8-10-24(4-2)23(22(15)19)20-14-21(20)25(24)9-5-11-27-25/h5,9,13,15,18-23H,3-4,6-8,10-12,14H2,1-2H3/t15-,18-,19?,20-,21+,22?,23?,24-,25-/m0/s1. The van der Waals surface area contributed by atoms with E-state index in [-0.39, 0.29) is 5.60 Å². The molecule has 4 saturated carbocycles. The lowest BCUT2D eigenvalue weighted by molar-refractivity contribution is -0.152. The normalized spacial score (nSPS) is 55.0. The molecule has 0 aromatic rings. The fraction of sp³-hybridized carbons (Fsp3) is 0.800. The van der Waals surface area contributed by atoms with Crippen molar-refractivity contribution in [3.8, 4) is 0 Å². The average molecular weight is 367 g/mol. The van der Waals surface area contributed by atoms with E-state index in [9.17, 15) is 4.79 Å². The van der Waals surface area contributed by atoms with Crippen molar-refractivity contribution in [1.82, 2.24) is 0 Å². The van der Waals surface area contributed by atoms with E-state index in [2.05, 4.69) is 32.1 Å². The number of rotatable bonds is 2. The van der Waals surface area contributed by atoms with Crippen LogP contribution < -0.4 is 0 Å². The Balaban J connectivity index is 1.44. The summed E-state index contributed by atoms with van der Waals surface area (Å²) in [7, 11) is 0. The van der Waals surface area contributed by atoms with Gasteiger partial charge >= 0.3 is 0 Å². The minimum Gasteiger partial charge on any atom is -0.366 e. The van der Waals surface area contributed by atoms with Crippen LogP contribution in [-0.4, -0.2) is 18.0 Å². The van der Waals surface area contributed by atoms with Gasteiger partial charge in [0.2, 0.25) is 0 Å². The largest absolute Gasteiger partial charge is 0.366 e. The molecular formula is C25H34O2. The fourth-order valence-corrected chi connectivity index (χ4v) is 9.27. The van der Waals surface area contributed by atoms with Gasteiger partial charge in [-0.05, 0) is 86.0 Å². The highest BCUT2D eigenvalue weighted by atomic mass is 16.5. The van der Waals surface area contributed by atoms with Crippen LogP contribution in [0.1, 0.15) is 65.2 Å². The topological polar surface area (TPSA) is 26.3 Å². The number of ether oxygens (including phenoxy) is 1. The van der Waals surface area contributed by atoms with Crippen molar-refractivity contribution in [2.45, 2.75) is 70.8 Å². The monoisotopic (exact) mass is 366 g/mol. The minimum absolute atomic E-state index is 0.0684. The van der Waals surface area contributed by atoms with Crippen molar-refractivity contribution < 1.29 is 9.53 Å². The van der Waals surface area contributed by atoms with Gasteiger partial charge in [-0.2, -0.15) is 0 Å². The molecule has 3 unspecified atom stereocenters. The van der Waals surface area contributed by atoms with E-state index >= 15 is 0 Å². The second-order valence-corrected chi connectivity index (χ2v) is 10.5. The number of fused-ring (bicyclic) bond motifs is 9. The van der Waals surface area contributed by atoms with Crippen molar-refractivity contribution in [3.05, 3.63) is 23.8 Å². The van der Waals surface area contributed by atoms with Crippen molar-refractivity contribution in [3.63, 3.8) is 0 Å². The van der Waals surface area contributed by atoms with Gasteiger partial charge in [0, 0.05) is 11.8 Å². The summed E-state index contributed by atoms with van der Waals surface area (Å²) in [5.74, 6) is 6.13. The highest BCUT2D eigenvalue weighted by Gasteiger charge is 2.77. The molecule has 4 fully saturated rings. The Hall–Kier alpha value is -0.890. The molecule has 0 aromatic heterocycles. The smallest absolute Gasteiger partial charge is 0.155 e. The third-order valence-corrected chi connectivity index (χ3v) is 10.1. The number of carbonyl (C=O) groups excluding carboxylic acids is 1. The van der Waals surface area contributed by atoms with Crippen LogP contribution in [0.4, 0.5) is 0 Å². The Labute approximate surface area is 163 Å². The number of hydrogen-bond acceptors (Lipinski definition) is 2. The lowest BCUT2D eigenvalue weighted by Crippen LogP contribution is -2.57. The molecular weight excluding hydrogens is 332 g/mol. The van der Waals surface area contributed by atoms with Crippen LogP contribution in [0.3, 0.4) is 0 Å². The van der Waals surface area contributed by atoms with Crippen molar-refractivity contribution in [1.29, 1.82) is 0 Å². The first-order valence-corrected chi connectivity index (χ1v) is 11.7. The maximum absolute atomic E-state index is 12.1. The molecule has 6 rings (SSSR count). The molecule has 1 heterocycles. The number of allylic oxidation sites excluding steroid dienone is 1. The Morgan fingerprint density at radius 3 is 2.85 bits per heavy atom. The number of ketones is 1. The molecule has 27 heavy (non-hydrogen) atoms. The van der Waals surface area contributed by atoms with Crippen LogP contribution in [-0.2, 0) is 9.53 Å². The zero-order valence-corrected chi connectivity index (χ0v) is 17.0. The van der Waals surface area contributed by atoms with Gasteiger partial charge in [0.05, 0.1) is 12.2 Å². The molecule has 1 spiro atoms. The summed E-state index contributed by atoms with van der Waals surface area (Å²) in [6.07, 6.45) is 16.7. The van der Waals surface area contributed by atoms with E-state index in [1.54, 1.807) is 0 Å². The van der Waals surface area contributed by atoms with E-state index < -0.39 is 0 Å². The molecule has 2 heteroatoms. The summed E-state index contributed by atoms with van der Waals surface area (Å²) in [6.45, 7) is 5.68. The Morgan fingerprint density at radius 2 is 2.11 bits per heavy atom. The van der Waals surface area contributed by atoms with Gasteiger partial charge in [0.25, 0.3) is 0 Å². The van der Waals surface area contributed by atoms with Crippen molar-refractivity contribution >= 4 is 5.78 Å². The van der Waals surface area contributed by atoms with Crippen LogP contribution in [0, 0.1) is 46.8 Å². The number of carbonyl (C=O) groups is 1. The lowest BCUT2D eigenvalue weighted by Gasteiger charge is -2.60. The summed E-state index contributed by atoms with van der Waals surface area (Å²) < 4.78 is 6.62. The molecule has 0 radical (unpaired) electrons. The van der Waals surface area contributed by atoms with Gasteiger partial charge in [0.1, 0.15) is 0 Å².